The lowest BCUT2D eigenvalue weighted by atomic mass is 10.0. The van der Waals surface area contributed by atoms with Gasteiger partial charge in [-0.2, -0.15) is 0 Å². The van der Waals surface area contributed by atoms with Crippen LogP contribution < -0.4 is 0 Å². The molecule has 0 aliphatic carbocycles. The molecule has 28 heavy (non-hydrogen) atoms. The van der Waals surface area contributed by atoms with Crippen LogP contribution in [-0.2, 0) is 24.1 Å². The molecule has 146 valence electrons. The first-order valence-corrected chi connectivity index (χ1v) is 9.64. The Kier molecular flexibility index (Phi) is 6.26. The van der Waals surface area contributed by atoms with E-state index in [1.807, 2.05) is 35.0 Å². The number of imidazole rings is 1. The van der Waals surface area contributed by atoms with Gasteiger partial charge in [0.05, 0.1) is 12.1 Å². The van der Waals surface area contributed by atoms with Crippen molar-refractivity contribution >= 4 is 33.5 Å². The summed E-state index contributed by atoms with van der Waals surface area (Å²) in [5, 5.41) is 20.0. The Morgan fingerprint density at radius 1 is 1.21 bits per heavy atom. The fraction of sp³-hybridized carbons (Fsp3) is 0.200. The predicted molar refractivity (Wildman–Crippen MR) is 109 cm³/mol. The number of nitrogens with zero attached hydrogens (tertiary/aromatic N) is 2. The Morgan fingerprint density at radius 3 is 2.61 bits per heavy atom. The summed E-state index contributed by atoms with van der Waals surface area (Å²) in [6, 6.07) is 9.03. The highest BCUT2D eigenvalue weighted by atomic mass is 79.9. The van der Waals surface area contributed by atoms with E-state index in [2.05, 4.69) is 20.9 Å². The molecule has 0 spiro atoms. The van der Waals surface area contributed by atoms with Crippen LogP contribution in [0.2, 0.25) is 5.02 Å². The Balaban J connectivity index is 1.85. The van der Waals surface area contributed by atoms with Crippen molar-refractivity contribution in [1.29, 1.82) is 0 Å². The third-order valence-electron chi connectivity index (χ3n) is 4.38. The van der Waals surface area contributed by atoms with Crippen LogP contribution in [0.25, 0.3) is 0 Å². The van der Waals surface area contributed by atoms with Crippen LogP contribution in [0, 0.1) is 0 Å². The van der Waals surface area contributed by atoms with Crippen LogP contribution in [0.3, 0.4) is 0 Å². The second-order valence-corrected chi connectivity index (χ2v) is 7.47. The second kappa shape index (κ2) is 8.67. The van der Waals surface area contributed by atoms with Gasteiger partial charge >= 0.3 is 5.97 Å². The average Bonchev–Trinajstić information content (AvgIpc) is 3.11. The topological polar surface area (TPSA) is 84.6 Å². The highest BCUT2D eigenvalue weighted by Gasteiger charge is 2.23. The normalized spacial score (nSPS) is 10.8. The molecule has 1 heterocycles. The molecule has 0 aliphatic rings. The van der Waals surface area contributed by atoms with Gasteiger partial charge in [-0.3, -0.25) is 0 Å². The number of hydrogen-bond acceptors (Lipinski definition) is 5. The summed E-state index contributed by atoms with van der Waals surface area (Å²) in [5.41, 5.74) is 1.39. The van der Waals surface area contributed by atoms with Gasteiger partial charge in [0.25, 0.3) is 0 Å². The summed E-state index contributed by atoms with van der Waals surface area (Å²) in [4.78, 5) is 16.5. The minimum absolute atomic E-state index is 0.0178. The van der Waals surface area contributed by atoms with Crippen molar-refractivity contribution in [3.63, 3.8) is 0 Å². The first-order chi connectivity index (χ1) is 13.4. The molecular formula is C20H18BrClN2O4. The van der Waals surface area contributed by atoms with Crippen molar-refractivity contribution in [2.75, 3.05) is 7.11 Å². The number of aromatic nitrogens is 2. The lowest BCUT2D eigenvalue weighted by molar-refractivity contribution is 0.0596. The molecule has 0 saturated carbocycles. The molecule has 0 atom stereocenters. The number of esters is 1. The van der Waals surface area contributed by atoms with Gasteiger partial charge in [-0.15, -0.1) is 0 Å². The van der Waals surface area contributed by atoms with E-state index in [-0.39, 0.29) is 22.1 Å². The molecule has 2 N–H and O–H groups in total. The van der Waals surface area contributed by atoms with Gasteiger partial charge in [0.1, 0.15) is 22.9 Å². The number of ether oxygens (including phenoxy) is 1. The van der Waals surface area contributed by atoms with Gasteiger partial charge in [-0.05, 0) is 29.7 Å². The Bertz CT molecular complexity index is 1000. The number of rotatable bonds is 6. The largest absolute Gasteiger partial charge is 0.507 e. The number of phenolic OH excluding ortho intramolecular Hbond substituents is 2. The zero-order valence-electron chi connectivity index (χ0n) is 15.0. The number of carbonyl (C=O) groups is 1. The van der Waals surface area contributed by atoms with Gasteiger partial charge in [-0.25, -0.2) is 9.78 Å². The predicted octanol–water partition coefficient (Wildman–Crippen LogP) is 4.33. The summed E-state index contributed by atoms with van der Waals surface area (Å²) in [6.45, 7) is 0.644. The fourth-order valence-corrected chi connectivity index (χ4v) is 3.49. The number of halogens is 2. The number of aryl methyl sites for hydroxylation is 1. The van der Waals surface area contributed by atoms with Crippen molar-refractivity contribution in [3.8, 4) is 11.5 Å². The van der Waals surface area contributed by atoms with Crippen LogP contribution >= 0.6 is 27.5 Å². The van der Waals surface area contributed by atoms with E-state index in [4.69, 9.17) is 16.3 Å². The van der Waals surface area contributed by atoms with Crippen molar-refractivity contribution in [1.82, 2.24) is 9.55 Å². The second-order valence-electron chi connectivity index (χ2n) is 6.17. The van der Waals surface area contributed by atoms with E-state index < -0.39 is 5.97 Å². The molecule has 0 saturated heterocycles. The van der Waals surface area contributed by atoms with E-state index in [1.54, 1.807) is 6.20 Å². The molecule has 8 heteroatoms. The lowest BCUT2D eigenvalue weighted by Crippen LogP contribution is -2.10. The molecular weight excluding hydrogens is 448 g/mol. The van der Waals surface area contributed by atoms with Crippen molar-refractivity contribution in [3.05, 3.63) is 74.7 Å². The first-order valence-electron chi connectivity index (χ1n) is 8.46. The molecule has 0 aliphatic heterocycles. The molecule has 0 unspecified atom stereocenters. The average molecular weight is 466 g/mol. The lowest BCUT2D eigenvalue weighted by Gasteiger charge is -2.14. The zero-order valence-corrected chi connectivity index (χ0v) is 17.4. The number of hydrogen-bond donors (Lipinski definition) is 2. The van der Waals surface area contributed by atoms with E-state index in [0.717, 1.165) is 21.9 Å². The standard InChI is InChI=1S/C20H18BrClN2O4/c1-28-20(27)18-14(19(22)16(26)10-15(18)25)6-7-17-23-8-9-24(17)11-12-2-4-13(21)5-3-12/h2-5,8-10,25-26H,6-7,11H2,1H3. The third kappa shape index (κ3) is 4.31. The molecule has 6 nitrogen and oxygen atoms in total. The molecule has 3 rings (SSSR count). The van der Waals surface area contributed by atoms with Gasteiger partial charge in [0.15, 0.2) is 0 Å². The maximum Gasteiger partial charge on any atom is 0.341 e. The van der Waals surface area contributed by atoms with Crippen LogP contribution in [-0.4, -0.2) is 32.8 Å². The maximum absolute atomic E-state index is 12.1. The molecule has 0 radical (unpaired) electrons. The van der Waals surface area contributed by atoms with E-state index in [0.29, 0.717) is 24.9 Å². The van der Waals surface area contributed by atoms with Crippen LogP contribution in [0.4, 0.5) is 0 Å². The van der Waals surface area contributed by atoms with Gasteiger partial charge < -0.3 is 19.5 Å². The van der Waals surface area contributed by atoms with Crippen LogP contribution in [0.5, 0.6) is 11.5 Å². The number of phenols is 2. The minimum Gasteiger partial charge on any atom is -0.507 e. The zero-order chi connectivity index (χ0) is 20.3. The van der Waals surface area contributed by atoms with Crippen LogP contribution in [0.15, 0.2) is 47.2 Å². The third-order valence-corrected chi connectivity index (χ3v) is 5.33. The van der Waals surface area contributed by atoms with Crippen molar-refractivity contribution < 1.29 is 19.7 Å². The van der Waals surface area contributed by atoms with Gasteiger partial charge in [-0.1, -0.05) is 39.7 Å². The van der Waals surface area contributed by atoms with Gasteiger partial charge in [0, 0.05) is 35.9 Å². The molecule has 0 bridgehead atoms. The monoisotopic (exact) mass is 464 g/mol. The molecule has 1 aromatic heterocycles. The smallest absolute Gasteiger partial charge is 0.341 e. The summed E-state index contributed by atoms with van der Waals surface area (Å²) < 4.78 is 7.75. The molecule has 3 aromatic rings. The Labute approximate surface area is 175 Å². The highest BCUT2D eigenvalue weighted by molar-refractivity contribution is 9.10. The summed E-state index contributed by atoms with van der Waals surface area (Å²) in [6.07, 6.45) is 4.33. The van der Waals surface area contributed by atoms with Crippen molar-refractivity contribution in [2.24, 2.45) is 0 Å². The highest BCUT2D eigenvalue weighted by Crippen LogP contribution is 2.37. The van der Waals surface area contributed by atoms with E-state index in [1.165, 1.54) is 7.11 Å². The fourth-order valence-electron chi connectivity index (χ4n) is 2.98. The number of benzene rings is 2. The molecule has 0 amide bonds. The molecule has 0 fully saturated rings. The van der Waals surface area contributed by atoms with Gasteiger partial charge in [0.2, 0.25) is 0 Å². The quantitative estimate of drug-likeness (QED) is 0.529. The first kappa shape index (κ1) is 20.2. The van der Waals surface area contributed by atoms with Crippen LogP contribution in [0.1, 0.15) is 27.3 Å². The number of carbonyl (C=O) groups excluding carboxylic acids is 1. The maximum atomic E-state index is 12.1. The SMILES string of the molecule is COC(=O)c1c(O)cc(O)c(Cl)c1CCc1nccn1Cc1ccc(Br)cc1. The molecule has 2 aromatic carbocycles. The summed E-state index contributed by atoms with van der Waals surface area (Å²) in [7, 11) is 1.22. The van der Waals surface area contributed by atoms with E-state index in [9.17, 15) is 15.0 Å². The minimum atomic E-state index is -0.715. The van der Waals surface area contributed by atoms with E-state index >= 15 is 0 Å². The number of aromatic hydroxyl groups is 2. The summed E-state index contributed by atoms with van der Waals surface area (Å²) in [5.74, 6) is -0.591. The Hall–Kier alpha value is -2.51. The summed E-state index contributed by atoms with van der Waals surface area (Å²) >= 11 is 9.62. The van der Waals surface area contributed by atoms with Crippen molar-refractivity contribution in [2.45, 2.75) is 19.4 Å². The Morgan fingerprint density at radius 2 is 1.93 bits per heavy atom. The number of methoxy groups -OCH3 is 1.